The molecule has 0 aliphatic heterocycles. The van der Waals surface area contributed by atoms with Crippen molar-refractivity contribution >= 4 is 6.21 Å². The molecule has 4 aliphatic rings. The number of rotatable bonds is 1. The van der Waals surface area contributed by atoms with Gasteiger partial charge in [0.1, 0.15) is 0 Å². The van der Waals surface area contributed by atoms with Crippen LogP contribution in [0.15, 0.2) is 5.16 Å². The van der Waals surface area contributed by atoms with Crippen LogP contribution in [0, 0.1) is 34.5 Å². The minimum absolute atomic E-state index is 0.0194. The number of oxime groups is 1. The predicted molar refractivity (Wildman–Crippen MR) is 89.7 cm³/mol. The Kier molecular flexibility index (Phi) is 3.98. The van der Waals surface area contributed by atoms with Crippen LogP contribution >= 0.6 is 0 Å². The molecule has 136 valence electrons. The van der Waals surface area contributed by atoms with Gasteiger partial charge in [-0.15, -0.1) is 5.16 Å². The van der Waals surface area contributed by atoms with Gasteiger partial charge in [-0.2, -0.15) is 0 Å². The molecular weight excluding hydrogens is 306 g/mol. The lowest BCUT2D eigenvalue weighted by Gasteiger charge is -2.61. The Morgan fingerprint density at radius 1 is 0.917 bits per heavy atom. The fraction of sp³-hybridized carbons (Fsp3) is 0.947. The molecule has 24 heavy (non-hydrogen) atoms. The van der Waals surface area contributed by atoms with E-state index in [4.69, 9.17) is 0 Å². The zero-order chi connectivity index (χ0) is 17.1. The number of fused-ring (bicyclic) bond motifs is 5. The maximum Gasteiger partial charge on any atom is 0.0596 e. The molecule has 4 rings (SSSR count). The second kappa shape index (κ2) is 5.68. The van der Waals surface area contributed by atoms with Crippen molar-refractivity contribution in [3.05, 3.63) is 0 Å². The molecule has 5 heteroatoms. The summed E-state index contributed by atoms with van der Waals surface area (Å²) in [4.78, 5) is 0. The van der Waals surface area contributed by atoms with Crippen molar-refractivity contribution in [2.45, 2.75) is 76.6 Å². The minimum Gasteiger partial charge on any atom is -0.411 e. The highest BCUT2D eigenvalue weighted by Crippen LogP contribution is 2.65. The van der Waals surface area contributed by atoms with Crippen LogP contribution in [0.25, 0.3) is 0 Å². The molecule has 4 N–H and O–H groups in total. The average Bonchev–Trinajstić information content (AvgIpc) is 2.85. The van der Waals surface area contributed by atoms with Gasteiger partial charge in [0.2, 0.25) is 0 Å². The number of nitrogens with zero attached hydrogens (tertiary/aromatic N) is 1. The Morgan fingerprint density at radius 2 is 1.71 bits per heavy atom. The van der Waals surface area contributed by atoms with Crippen LogP contribution in [0.1, 0.15) is 58.3 Å². The van der Waals surface area contributed by atoms with Crippen LogP contribution in [0.3, 0.4) is 0 Å². The van der Waals surface area contributed by atoms with Crippen LogP contribution in [0.4, 0.5) is 0 Å². The third kappa shape index (κ3) is 2.14. The first-order valence-electron chi connectivity index (χ1n) is 9.65. The summed E-state index contributed by atoms with van der Waals surface area (Å²) in [6.45, 7) is 2.22. The zero-order valence-electron chi connectivity index (χ0n) is 14.5. The summed E-state index contributed by atoms with van der Waals surface area (Å²) < 4.78 is 0. The van der Waals surface area contributed by atoms with Crippen molar-refractivity contribution in [3.8, 4) is 0 Å². The van der Waals surface area contributed by atoms with E-state index < -0.39 is 6.10 Å². The van der Waals surface area contributed by atoms with Crippen molar-refractivity contribution in [3.63, 3.8) is 0 Å². The van der Waals surface area contributed by atoms with Crippen molar-refractivity contribution in [2.24, 2.45) is 39.7 Å². The molecule has 0 aromatic heterocycles. The summed E-state index contributed by atoms with van der Waals surface area (Å²) in [5, 5.41) is 44.3. The van der Waals surface area contributed by atoms with Crippen LogP contribution in [-0.4, -0.2) is 45.1 Å². The third-order valence-electron chi connectivity index (χ3n) is 8.48. The Bertz CT molecular complexity index is 525. The van der Waals surface area contributed by atoms with E-state index in [2.05, 4.69) is 12.1 Å². The number of aliphatic hydroxyl groups is 3. The van der Waals surface area contributed by atoms with E-state index >= 15 is 0 Å². The Balaban J connectivity index is 1.72. The lowest BCUT2D eigenvalue weighted by Crippen LogP contribution is -2.60. The van der Waals surface area contributed by atoms with Gasteiger partial charge in [0.05, 0.1) is 24.5 Å². The van der Waals surface area contributed by atoms with Crippen molar-refractivity contribution in [1.29, 1.82) is 0 Å². The second-order valence-electron chi connectivity index (χ2n) is 9.21. The fourth-order valence-corrected chi connectivity index (χ4v) is 7.27. The van der Waals surface area contributed by atoms with E-state index in [0.717, 1.165) is 38.5 Å². The van der Waals surface area contributed by atoms with Gasteiger partial charge in [-0.05, 0) is 80.5 Å². The van der Waals surface area contributed by atoms with Gasteiger partial charge in [-0.3, -0.25) is 0 Å². The van der Waals surface area contributed by atoms with Gasteiger partial charge in [0.15, 0.2) is 0 Å². The Morgan fingerprint density at radius 3 is 2.46 bits per heavy atom. The van der Waals surface area contributed by atoms with Gasteiger partial charge in [-0.1, -0.05) is 6.92 Å². The normalized spacial score (nSPS) is 57.4. The molecule has 0 saturated heterocycles. The van der Waals surface area contributed by atoms with Gasteiger partial charge < -0.3 is 20.5 Å². The summed E-state index contributed by atoms with van der Waals surface area (Å²) in [5.41, 5.74) is -0.329. The van der Waals surface area contributed by atoms with E-state index in [1.54, 1.807) is 6.21 Å². The number of aliphatic hydroxyl groups excluding tert-OH is 3. The minimum atomic E-state index is -0.459. The highest BCUT2D eigenvalue weighted by Gasteiger charge is 2.63. The summed E-state index contributed by atoms with van der Waals surface area (Å²) in [6.07, 6.45) is 7.42. The molecule has 5 nitrogen and oxygen atoms in total. The first-order chi connectivity index (χ1) is 11.4. The zero-order valence-corrected chi connectivity index (χ0v) is 14.5. The molecular formula is C19H31NO4. The molecule has 0 aromatic carbocycles. The van der Waals surface area contributed by atoms with Crippen LogP contribution < -0.4 is 0 Å². The van der Waals surface area contributed by atoms with E-state index in [1.165, 1.54) is 0 Å². The maximum atomic E-state index is 10.9. The molecule has 0 unspecified atom stereocenters. The quantitative estimate of drug-likeness (QED) is 0.335. The van der Waals surface area contributed by atoms with Gasteiger partial charge in [0.25, 0.3) is 0 Å². The molecule has 0 bridgehead atoms. The highest BCUT2D eigenvalue weighted by atomic mass is 16.4. The topological polar surface area (TPSA) is 93.3 Å². The van der Waals surface area contributed by atoms with E-state index in [1.807, 2.05) is 0 Å². The molecule has 4 fully saturated rings. The third-order valence-corrected chi connectivity index (χ3v) is 8.48. The fourth-order valence-electron chi connectivity index (χ4n) is 7.27. The first-order valence-corrected chi connectivity index (χ1v) is 9.65. The molecule has 4 aliphatic carbocycles. The molecule has 0 amide bonds. The highest BCUT2D eigenvalue weighted by molar-refractivity contribution is 5.67. The largest absolute Gasteiger partial charge is 0.411 e. The maximum absolute atomic E-state index is 10.9. The van der Waals surface area contributed by atoms with Crippen molar-refractivity contribution < 1.29 is 20.5 Å². The summed E-state index contributed by atoms with van der Waals surface area (Å²) in [7, 11) is 0. The molecule has 0 heterocycles. The number of hydrogen-bond acceptors (Lipinski definition) is 5. The molecule has 0 aromatic rings. The van der Waals surface area contributed by atoms with Gasteiger partial charge >= 0.3 is 0 Å². The van der Waals surface area contributed by atoms with E-state index in [9.17, 15) is 20.5 Å². The van der Waals surface area contributed by atoms with Gasteiger partial charge in [0, 0.05) is 5.41 Å². The Hall–Kier alpha value is -0.650. The molecule has 9 atom stereocenters. The second-order valence-corrected chi connectivity index (χ2v) is 9.21. The van der Waals surface area contributed by atoms with Crippen LogP contribution in [-0.2, 0) is 0 Å². The smallest absolute Gasteiger partial charge is 0.0596 e. The SMILES string of the molecule is C[C@]12CC[C@H]3[C@@H](C[C@@H](O)[C@H]4C[C@@H](O)CC[C@@]43C=NO)[C@@H]1CC[C@@H]2O. The van der Waals surface area contributed by atoms with Crippen LogP contribution in [0.2, 0.25) is 0 Å². The predicted octanol–water partition coefficient (Wildman–Crippen LogP) is 2.16. The van der Waals surface area contributed by atoms with Crippen molar-refractivity contribution in [1.82, 2.24) is 0 Å². The van der Waals surface area contributed by atoms with E-state index in [-0.39, 0.29) is 29.0 Å². The summed E-state index contributed by atoms with van der Waals surface area (Å²) in [6, 6.07) is 0. The molecule has 0 radical (unpaired) electrons. The number of hydrogen-bond donors (Lipinski definition) is 4. The lowest BCUT2D eigenvalue weighted by molar-refractivity contribution is -0.153. The summed E-state index contributed by atoms with van der Waals surface area (Å²) in [5.74, 6) is 1.19. The van der Waals surface area contributed by atoms with E-state index in [0.29, 0.717) is 30.6 Å². The lowest BCUT2D eigenvalue weighted by atomic mass is 9.44. The van der Waals surface area contributed by atoms with Crippen molar-refractivity contribution in [2.75, 3.05) is 0 Å². The Labute approximate surface area is 143 Å². The molecule has 0 spiro atoms. The van der Waals surface area contributed by atoms with Crippen LogP contribution in [0.5, 0.6) is 0 Å². The van der Waals surface area contributed by atoms with Gasteiger partial charge in [-0.25, -0.2) is 0 Å². The average molecular weight is 337 g/mol. The first kappa shape index (κ1) is 16.8. The monoisotopic (exact) mass is 337 g/mol. The molecule has 4 saturated carbocycles. The summed E-state index contributed by atoms with van der Waals surface area (Å²) >= 11 is 0. The standard InChI is InChI=1S/C19H31NO4/c1-18-6-5-14-12(13(18)2-3-17(18)23)9-16(22)15-8-11(21)4-7-19(14,15)10-20-24/h10-17,21-24H,2-9H2,1H3/t11-,12-,13-,14-,15+,16+,17-,18-,19-/m0/s1.